The SMILES string of the molecule is CCCCC/C=C\C/C=C\C/C=C\C/C=C\CCCCCCCC(=O)NC(COP(=O)(O)OCC[N+](C)(C)C)C(/C=C/CCCCCCCCCCCCC)OC(=O)CCCCCCCCCCCCCCCCCCCCCCCCC. The number of rotatable bonds is 65. The van der Waals surface area contributed by atoms with E-state index in [-0.39, 0.29) is 25.1 Å². The van der Waals surface area contributed by atoms with Gasteiger partial charge in [-0.25, -0.2) is 4.57 Å². The smallest absolute Gasteiger partial charge is 0.456 e. The number of esters is 1. The Bertz CT molecular complexity index is 1600. The van der Waals surface area contributed by atoms with Crippen LogP contribution in [0.5, 0.6) is 0 Å². The fourth-order valence-electron chi connectivity index (χ4n) is 10.5. The summed E-state index contributed by atoms with van der Waals surface area (Å²) in [6.45, 7) is 7.02. The Kier molecular flexibility index (Phi) is 61.0. The van der Waals surface area contributed by atoms with E-state index in [2.05, 4.69) is 74.7 Å². The van der Waals surface area contributed by atoms with Crippen LogP contribution in [0.4, 0.5) is 0 Å². The summed E-state index contributed by atoms with van der Waals surface area (Å²) < 4.78 is 30.8. The van der Waals surface area contributed by atoms with Crippen LogP contribution in [0.3, 0.4) is 0 Å². The molecule has 10 heteroatoms. The third-order valence-corrected chi connectivity index (χ3v) is 16.9. The molecule has 0 spiro atoms. The fraction of sp³-hybridized carbons (Fsp3) is 0.836. The zero-order valence-electron chi connectivity index (χ0n) is 55.7. The molecule has 0 bridgehead atoms. The van der Waals surface area contributed by atoms with Gasteiger partial charge in [0.25, 0.3) is 0 Å². The highest BCUT2D eigenvalue weighted by molar-refractivity contribution is 7.47. The lowest BCUT2D eigenvalue weighted by Crippen LogP contribution is -2.47. The Morgan fingerprint density at radius 3 is 1.12 bits per heavy atom. The van der Waals surface area contributed by atoms with Crippen molar-refractivity contribution < 1.29 is 37.3 Å². The topological polar surface area (TPSA) is 111 Å². The zero-order valence-corrected chi connectivity index (χ0v) is 56.6. The number of carbonyl (C=O) groups excluding carboxylic acids is 2. The minimum atomic E-state index is -4.46. The second-order valence-corrected chi connectivity index (χ2v) is 26.9. The highest BCUT2D eigenvalue weighted by atomic mass is 31.2. The molecule has 3 atom stereocenters. The molecule has 0 fully saturated rings. The molecule has 3 unspecified atom stereocenters. The first-order valence-electron chi connectivity index (χ1n) is 35.6. The van der Waals surface area contributed by atoms with Crippen molar-refractivity contribution in [3.63, 3.8) is 0 Å². The third-order valence-electron chi connectivity index (χ3n) is 16.0. The maximum atomic E-state index is 13.6. The van der Waals surface area contributed by atoms with E-state index in [9.17, 15) is 19.0 Å². The average Bonchev–Trinajstić information content (AvgIpc) is 3.46. The highest BCUT2D eigenvalue weighted by Gasteiger charge is 2.30. The van der Waals surface area contributed by atoms with Crippen LogP contribution >= 0.6 is 7.82 Å². The average molecular weight is 1190 g/mol. The summed E-state index contributed by atoms with van der Waals surface area (Å²) in [6, 6.07) is -0.859. The van der Waals surface area contributed by atoms with Crippen molar-refractivity contribution in [3.05, 3.63) is 60.8 Å². The van der Waals surface area contributed by atoms with Crippen LogP contribution in [-0.2, 0) is 27.9 Å². The maximum absolute atomic E-state index is 13.6. The van der Waals surface area contributed by atoms with Crippen molar-refractivity contribution in [2.45, 2.75) is 354 Å². The van der Waals surface area contributed by atoms with Gasteiger partial charge in [0, 0.05) is 12.8 Å². The van der Waals surface area contributed by atoms with Gasteiger partial charge < -0.3 is 19.4 Å². The fourth-order valence-corrected chi connectivity index (χ4v) is 11.2. The van der Waals surface area contributed by atoms with Gasteiger partial charge in [-0.2, -0.15) is 0 Å². The number of phosphoric acid groups is 1. The molecule has 0 radical (unpaired) electrons. The molecule has 0 aromatic rings. The number of unbranched alkanes of at least 4 members (excludes halogenated alkanes) is 41. The largest absolute Gasteiger partial charge is 0.472 e. The molecule has 9 nitrogen and oxygen atoms in total. The van der Waals surface area contributed by atoms with E-state index in [0.29, 0.717) is 23.9 Å². The van der Waals surface area contributed by atoms with Crippen molar-refractivity contribution in [3.8, 4) is 0 Å². The lowest BCUT2D eigenvalue weighted by Gasteiger charge is -2.27. The predicted octanol–water partition coefficient (Wildman–Crippen LogP) is 22.6. The van der Waals surface area contributed by atoms with E-state index in [1.54, 1.807) is 0 Å². The highest BCUT2D eigenvalue weighted by Crippen LogP contribution is 2.43. The molecule has 83 heavy (non-hydrogen) atoms. The van der Waals surface area contributed by atoms with Crippen LogP contribution < -0.4 is 5.32 Å². The Morgan fingerprint density at radius 2 is 0.735 bits per heavy atom. The van der Waals surface area contributed by atoms with Gasteiger partial charge in [-0.15, -0.1) is 0 Å². The summed E-state index contributed by atoms with van der Waals surface area (Å²) >= 11 is 0. The number of nitrogens with one attached hydrogen (secondary N) is 1. The normalized spacial score (nSPS) is 13.9. The Labute approximate surface area is 515 Å². The molecular formula is C73H138N2O7P+. The molecule has 0 aliphatic rings. The van der Waals surface area contributed by atoms with E-state index in [1.807, 2.05) is 33.3 Å². The lowest BCUT2D eigenvalue weighted by molar-refractivity contribution is -0.870. The van der Waals surface area contributed by atoms with Gasteiger partial charge in [-0.3, -0.25) is 18.6 Å². The van der Waals surface area contributed by atoms with Crippen molar-refractivity contribution in [1.82, 2.24) is 5.32 Å². The first-order chi connectivity index (χ1) is 40.4. The van der Waals surface area contributed by atoms with Gasteiger partial charge in [-0.05, 0) is 76.7 Å². The number of carbonyl (C=O) groups is 2. The summed E-state index contributed by atoms with van der Waals surface area (Å²) in [5.41, 5.74) is 0. The Hall–Kier alpha value is -2.29. The number of phosphoric ester groups is 1. The molecular weight excluding hydrogens is 1050 g/mol. The van der Waals surface area contributed by atoms with Crippen LogP contribution in [0.25, 0.3) is 0 Å². The zero-order chi connectivity index (χ0) is 60.7. The summed E-state index contributed by atoms with van der Waals surface area (Å²) in [5.74, 6) is -0.511. The van der Waals surface area contributed by atoms with E-state index in [4.69, 9.17) is 13.8 Å². The van der Waals surface area contributed by atoms with E-state index in [0.717, 1.165) is 96.3 Å². The minimum absolute atomic E-state index is 0.0364. The van der Waals surface area contributed by atoms with Gasteiger partial charge in [0.1, 0.15) is 19.3 Å². The second kappa shape index (κ2) is 62.8. The quantitative estimate of drug-likeness (QED) is 0.0205. The summed E-state index contributed by atoms with van der Waals surface area (Å²) in [6.07, 6.45) is 80.9. The van der Waals surface area contributed by atoms with Crippen molar-refractivity contribution in [2.24, 2.45) is 0 Å². The van der Waals surface area contributed by atoms with Crippen molar-refractivity contribution >= 4 is 19.7 Å². The van der Waals surface area contributed by atoms with E-state index >= 15 is 0 Å². The standard InChI is InChI=1S/C73H137N2O7P/c1-7-10-13-16-19-22-25-28-30-32-34-36-37-39-41-43-45-48-51-54-57-60-63-66-73(77)82-71(64-61-58-55-52-49-46-27-24-21-18-15-12-9-3)70(69-81-83(78,79)80-68-67-75(4,5)6)74-72(76)65-62-59-56-53-50-47-44-42-40-38-35-33-31-29-26-23-20-17-14-11-8-2/h20,23,29,31,35,38,42,44,61,64,70-71H,7-19,21-22,24-28,30,32-34,36-37,39-41,43,45-60,62-63,65-69H2,1-6H3,(H-,74,76,78,79)/p+1/b23-20-,31-29-,38-35-,44-42-,64-61+. The Morgan fingerprint density at radius 1 is 0.422 bits per heavy atom. The van der Waals surface area contributed by atoms with Gasteiger partial charge in [0.15, 0.2) is 0 Å². The second-order valence-electron chi connectivity index (χ2n) is 25.4. The van der Waals surface area contributed by atoms with E-state index in [1.165, 1.54) is 212 Å². The lowest BCUT2D eigenvalue weighted by atomic mass is 10.0. The molecule has 0 aliphatic heterocycles. The maximum Gasteiger partial charge on any atom is 0.472 e. The van der Waals surface area contributed by atoms with E-state index < -0.39 is 20.0 Å². The summed E-state index contributed by atoms with van der Waals surface area (Å²) in [7, 11) is 1.49. The number of hydrogen-bond acceptors (Lipinski definition) is 6. The number of hydrogen-bond donors (Lipinski definition) is 2. The van der Waals surface area contributed by atoms with Crippen LogP contribution in [0.2, 0.25) is 0 Å². The molecule has 1 amide bonds. The summed E-state index contributed by atoms with van der Waals surface area (Å²) in [5, 5.41) is 3.06. The molecule has 2 N–H and O–H groups in total. The van der Waals surface area contributed by atoms with Crippen molar-refractivity contribution in [1.29, 1.82) is 0 Å². The number of amides is 1. The Balaban J connectivity index is 5.14. The van der Waals surface area contributed by atoms with Gasteiger partial charge in [0.2, 0.25) is 5.91 Å². The predicted molar refractivity (Wildman–Crippen MR) is 360 cm³/mol. The molecule has 0 saturated carbocycles. The minimum Gasteiger partial charge on any atom is -0.456 e. The van der Waals surface area contributed by atoms with Crippen LogP contribution in [-0.4, -0.2) is 74.3 Å². The van der Waals surface area contributed by atoms with Gasteiger partial charge in [0.05, 0.1) is 33.8 Å². The molecule has 0 saturated heterocycles. The number of nitrogens with zero attached hydrogens (tertiary/aromatic N) is 1. The molecule has 0 aromatic heterocycles. The van der Waals surface area contributed by atoms with Gasteiger partial charge in [-0.1, -0.05) is 313 Å². The molecule has 0 heterocycles. The number of likely N-dealkylation sites (N-methyl/N-ethyl adjacent to an activating group) is 1. The van der Waals surface area contributed by atoms with Gasteiger partial charge >= 0.3 is 13.8 Å². The number of quaternary nitrogens is 1. The molecule has 0 aromatic carbocycles. The first kappa shape index (κ1) is 80.7. The molecule has 0 aliphatic carbocycles. The number of allylic oxidation sites excluding steroid dienone is 9. The third kappa shape index (κ3) is 64.0. The monoisotopic (exact) mass is 1190 g/mol. The number of ether oxygens (including phenoxy) is 1. The van der Waals surface area contributed by atoms with Crippen molar-refractivity contribution in [2.75, 3.05) is 40.9 Å². The van der Waals surface area contributed by atoms with Crippen LogP contribution in [0.1, 0.15) is 342 Å². The molecule has 486 valence electrons. The first-order valence-corrected chi connectivity index (χ1v) is 37.1. The summed E-state index contributed by atoms with van der Waals surface area (Å²) in [4.78, 5) is 37.9. The molecule has 0 rings (SSSR count). The van der Waals surface area contributed by atoms with Crippen LogP contribution in [0.15, 0.2) is 60.8 Å². The van der Waals surface area contributed by atoms with Crippen LogP contribution in [0, 0.1) is 0 Å².